The first-order valence-corrected chi connectivity index (χ1v) is 7.01. The third-order valence-electron chi connectivity index (χ3n) is 3.79. The topological polar surface area (TPSA) is 62.6 Å². The molecule has 1 rings (SSSR count). The van der Waals surface area contributed by atoms with E-state index in [1.54, 1.807) is 0 Å². The van der Waals surface area contributed by atoms with E-state index in [4.69, 9.17) is 0 Å². The van der Waals surface area contributed by atoms with E-state index in [-0.39, 0.29) is 6.04 Å². The quantitative estimate of drug-likeness (QED) is 0.557. The molecule has 5 nitrogen and oxygen atoms in total. The Morgan fingerprint density at radius 3 is 2.67 bits per heavy atom. The molecule has 0 radical (unpaired) electrons. The van der Waals surface area contributed by atoms with Crippen LogP contribution in [0.2, 0.25) is 0 Å². The molecule has 3 atom stereocenters. The molecular weight excluding hydrogens is 230 g/mol. The lowest BCUT2D eigenvalue weighted by Crippen LogP contribution is -3.14. The molecule has 0 aromatic rings. The lowest BCUT2D eigenvalue weighted by Gasteiger charge is -2.20. The van der Waals surface area contributed by atoms with Gasteiger partial charge < -0.3 is 15.5 Å². The molecule has 3 N–H and O–H groups in total. The van der Waals surface area contributed by atoms with Crippen molar-refractivity contribution in [2.45, 2.75) is 52.1 Å². The Morgan fingerprint density at radius 2 is 2.06 bits per heavy atom. The van der Waals surface area contributed by atoms with E-state index in [1.165, 1.54) is 17.9 Å². The molecule has 1 heterocycles. The van der Waals surface area contributed by atoms with Crippen molar-refractivity contribution in [1.29, 1.82) is 0 Å². The number of rotatable bonds is 5. The Hall–Kier alpha value is -1.10. The van der Waals surface area contributed by atoms with Crippen LogP contribution in [-0.4, -0.2) is 43.5 Å². The highest BCUT2D eigenvalue weighted by Crippen LogP contribution is 1.98. The second-order valence-electron chi connectivity index (χ2n) is 5.09. The number of quaternary nitrogens is 1. The van der Waals surface area contributed by atoms with Gasteiger partial charge in [0.25, 0.3) is 0 Å². The van der Waals surface area contributed by atoms with Crippen molar-refractivity contribution in [2.75, 3.05) is 19.6 Å². The first kappa shape index (κ1) is 15.0. The zero-order valence-corrected chi connectivity index (χ0v) is 11.7. The third-order valence-corrected chi connectivity index (χ3v) is 3.79. The fourth-order valence-corrected chi connectivity index (χ4v) is 2.38. The maximum Gasteiger partial charge on any atom is 0.309 e. The summed E-state index contributed by atoms with van der Waals surface area (Å²) in [5, 5.41) is 5.42. The number of hydrogen-bond acceptors (Lipinski definition) is 2. The molecule has 0 saturated carbocycles. The van der Waals surface area contributed by atoms with Gasteiger partial charge in [-0.3, -0.25) is 9.59 Å². The summed E-state index contributed by atoms with van der Waals surface area (Å²) in [7, 11) is 0. The molecule has 0 aliphatic carbocycles. The van der Waals surface area contributed by atoms with E-state index in [9.17, 15) is 9.59 Å². The van der Waals surface area contributed by atoms with Crippen LogP contribution < -0.4 is 15.5 Å². The fraction of sp³-hybridized carbons (Fsp3) is 0.846. The number of carbonyl (C=O) groups is 2. The lowest BCUT2D eigenvalue weighted by atomic mass is 10.2. The summed E-state index contributed by atoms with van der Waals surface area (Å²) in [5.41, 5.74) is 0. The van der Waals surface area contributed by atoms with Gasteiger partial charge in [0, 0.05) is 18.9 Å². The smallest absolute Gasteiger partial charge is 0.309 e. The largest absolute Gasteiger partial charge is 0.345 e. The van der Waals surface area contributed by atoms with Crippen LogP contribution >= 0.6 is 0 Å². The zero-order chi connectivity index (χ0) is 13.5. The third kappa shape index (κ3) is 4.29. The molecule has 1 unspecified atom stereocenters. The van der Waals surface area contributed by atoms with Crippen LogP contribution in [0.15, 0.2) is 0 Å². The molecule has 0 aromatic heterocycles. The molecule has 104 valence electrons. The highest BCUT2D eigenvalue weighted by molar-refractivity contribution is 6.35. The molecule has 1 aliphatic rings. The van der Waals surface area contributed by atoms with Crippen molar-refractivity contribution >= 4 is 11.8 Å². The van der Waals surface area contributed by atoms with Crippen LogP contribution in [0.1, 0.15) is 40.0 Å². The number of hydrogen-bond donors (Lipinski definition) is 3. The average Bonchev–Trinajstić information content (AvgIpc) is 2.82. The normalized spacial score (nSPS) is 24.6. The standard InChI is InChI=1S/C13H25N3O2/c1-4-10(3)15-13(18)12(17)14-9-11-7-6-8-16(11)5-2/h10-11H,4-9H2,1-3H3,(H,14,17)(H,15,18)/p+1/t10-,11+/m1/s1. The Balaban J connectivity index is 2.30. The molecule has 0 bridgehead atoms. The van der Waals surface area contributed by atoms with Crippen LogP contribution in [0, 0.1) is 0 Å². The predicted octanol–water partition coefficient (Wildman–Crippen LogP) is -0.915. The second kappa shape index (κ2) is 7.36. The maximum atomic E-state index is 11.6. The van der Waals surface area contributed by atoms with E-state index in [1.807, 2.05) is 13.8 Å². The van der Waals surface area contributed by atoms with Gasteiger partial charge >= 0.3 is 11.8 Å². The van der Waals surface area contributed by atoms with E-state index in [0.717, 1.165) is 19.4 Å². The molecule has 1 fully saturated rings. The molecular formula is C13H26N3O2+. The summed E-state index contributed by atoms with van der Waals surface area (Å²) >= 11 is 0. The van der Waals surface area contributed by atoms with Gasteiger partial charge in [0.15, 0.2) is 0 Å². The SMILES string of the molecule is CC[C@@H](C)NC(=O)C(=O)NC[C@@H]1CCC[NH+]1CC. The highest BCUT2D eigenvalue weighted by Gasteiger charge is 2.28. The maximum absolute atomic E-state index is 11.6. The van der Waals surface area contributed by atoms with Crippen molar-refractivity contribution in [3.8, 4) is 0 Å². The van der Waals surface area contributed by atoms with Crippen molar-refractivity contribution in [2.24, 2.45) is 0 Å². The predicted molar refractivity (Wildman–Crippen MR) is 70.3 cm³/mol. The van der Waals surface area contributed by atoms with Crippen molar-refractivity contribution in [3.05, 3.63) is 0 Å². The van der Waals surface area contributed by atoms with Gasteiger partial charge in [-0.05, 0) is 20.3 Å². The molecule has 1 saturated heterocycles. The van der Waals surface area contributed by atoms with Gasteiger partial charge in [-0.2, -0.15) is 0 Å². The number of carbonyl (C=O) groups excluding carboxylic acids is 2. The number of likely N-dealkylation sites (tertiary alicyclic amines) is 1. The Morgan fingerprint density at radius 1 is 1.33 bits per heavy atom. The zero-order valence-electron chi connectivity index (χ0n) is 11.7. The van der Waals surface area contributed by atoms with Gasteiger partial charge in [-0.25, -0.2) is 0 Å². The van der Waals surface area contributed by atoms with Crippen LogP contribution in [0.25, 0.3) is 0 Å². The van der Waals surface area contributed by atoms with Crippen LogP contribution in [-0.2, 0) is 9.59 Å². The van der Waals surface area contributed by atoms with Crippen LogP contribution in [0.3, 0.4) is 0 Å². The van der Waals surface area contributed by atoms with Gasteiger partial charge in [0.2, 0.25) is 0 Å². The van der Waals surface area contributed by atoms with E-state index in [2.05, 4.69) is 17.6 Å². The number of amides is 2. The van der Waals surface area contributed by atoms with Crippen molar-refractivity contribution in [3.63, 3.8) is 0 Å². The Kier molecular flexibility index (Phi) is 6.12. The van der Waals surface area contributed by atoms with Crippen LogP contribution in [0.5, 0.6) is 0 Å². The highest BCUT2D eigenvalue weighted by atomic mass is 16.2. The first-order valence-electron chi connectivity index (χ1n) is 7.01. The summed E-state index contributed by atoms with van der Waals surface area (Å²) in [5.74, 6) is -1.02. The van der Waals surface area contributed by atoms with Crippen molar-refractivity contribution in [1.82, 2.24) is 10.6 Å². The van der Waals surface area contributed by atoms with Gasteiger partial charge in [0.05, 0.1) is 19.6 Å². The van der Waals surface area contributed by atoms with Gasteiger partial charge in [-0.1, -0.05) is 6.92 Å². The molecule has 5 heteroatoms. The summed E-state index contributed by atoms with van der Waals surface area (Å²) < 4.78 is 0. The van der Waals surface area contributed by atoms with E-state index >= 15 is 0 Å². The minimum absolute atomic E-state index is 0.0486. The monoisotopic (exact) mass is 256 g/mol. The summed E-state index contributed by atoms with van der Waals surface area (Å²) in [4.78, 5) is 24.7. The number of nitrogens with one attached hydrogen (secondary N) is 3. The minimum atomic E-state index is -0.514. The summed E-state index contributed by atoms with van der Waals surface area (Å²) in [6, 6.07) is 0.517. The Labute approximate surface area is 109 Å². The average molecular weight is 256 g/mol. The summed E-state index contributed by atoms with van der Waals surface area (Å²) in [6.45, 7) is 8.89. The first-order chi connectivity index (χ1) is 8.58. The van der Waals surface area contributed by atoms with Gasteiger partial charge in [-0.15, -0.1) is 0 Å². The van der Waals surface area contributed by atoms with Crippen LogP contribution in [0.4, 0.5) is 0 Å². The Bertz CT molecular complexity index is 294. The number of likely N-dealkylation sites (N-methyl/N-ethyl adjacent to an activating group) is 1. The van der Waals surface area contributed by atoms with E-state index in [0.29, 0.717) is 12.6 Å². The van der Waals surface area contributed by atoms with Gasteiger partial charge in [0.1, 0.15) is 6.04 Å². The van der Waals surface area contributed by atoms with Crippen molar-refractivity contribution < 1.29 is 14.5 Å². The van der Waals surface area contributed by atoms with E-state index < -0.39 is 11.8 Å². The molecule has 0 aromatic carbocycles. The summed E-state index contributed by atoms with van der Waals surface area (Å²) in [6.07, 6.45) is 3.18. The lowest BCUT2D eigenvalue weighted by molar-refractivity contribution is -0.909. The molecule has 1 aliphatic heterocycles. The molecule has 2 amide bonds. The molecule has 18 heavy (non-hydrogen) atoms. The molecule has 0 spiro atoms. The fourth-order valence-electron chi connectivity index (χ4n) is 2.38. The second-order valence-corrected chi connectivity index (χ2v) is 5.09. The minimum Gasteiger partial charge on any atom is -0.345 e.